The van der Waals surface area contributed by atoms with Crippen molar-refractivity contribution in [3.05, 3.63) is 39.9 Å². The molecule has 1 amide bonds. The SMILES string of the molecule is NC1(CNC(=O)Cc2ccccc2[N+](=O)[O-])CCC1. The fraction of sp³-hybridized carbons (Fsp3) is 0.462. The molecule has 1 saturated carbocycles. The fourth-order valence-corrected chi connectivity index (χ4v) is 2.16. The Morgan fingerprint density at radius 1 is 1.42 bits per heavy atom. The first-order chi connectivity index (χ1) is 9.00. The number of nitro groups is 1. The van der Waals surface area contributed by atoms with E-state index in [9.17, 15) is 14.9 Å². The molecule has 0 unspecified atom stereocenters. The highest BCUT2D eigenvalue weighted by molar-refractivity contribution is 5.79. The molecule has 1 aliphatic rings. The summed E-state index contributed by atoms with van der Waals surface area (Å²) in [7, 11) is 0. The first-order valence-corrected chi connectivity index (χ1v) is 6.28. The summed E-state index contributed by atoms with van der Waals surface area (Å²) in [5.74, 6) is -0.231. The van der Waals surface area contributed by atoms with Gasteiger partial charge in [0.15, 0.2) is 0 Å². The average Bonchev–Trinajstić information content (AvgIpc) is 2.34. The minimum atomic E-state index is -0.473. The number of carbonyl (C=O) groups is 1. The predicted octanol–water partition coefficient (Wildman–Crippen LogP) is 1.13. The van der Waals surface area contributed by atoms with Gasteiger partial charge < -0.3 is 11.1 Å². The molecule has 19 heavy (non-hydrogen) atoms. The highest BCUT2D eigenvalue weighted by atomic mass is 16.6. The van der Waals surface area contributed by atoms with Gasteiger partial charge in [-0.25, -0.2) is 0 Å². The number of nitrogens with one attached hydrogen (secondary N) is 1. The summed E-state index contributed by atoms with van der Waals surface area (Å²) in [6.07, 6.45) is 2.93. The van der Waals surface area contributed by atoms with Crippen molar-refractivity contribution in [2.45, 2.75) is 31.2 Å². The standard InChI is InChI=1S/C13H17N3O3/c14-13(6-3-7-13)9-15-12(17)8-10-4-1-2-5-11(10)16(18)19/h1-2,4-5H,3,6-9,14H2,(H,15,17). The molecule has 1 fully saturated rings. The number of benzene rings is 1. The normalized spacial score (nSPS) is 16.5. The first kappa shape index (κ1) is 13.5. The topological polar surface area (TPSA) is 98.3 Å². The zero-order chi connectivity index (χ0) is 13.9. The molecule has 1 aromatic rings. The van der Waals surface area contributed by atoms with Crippen LogP contribution >= 0.6 is 0 Å². The van der Waals surface area contributed by atoms with Gasteiger partial charge in [-0.3, -0.25) is 14.9 Å². The molecule has 1 aliphatic carbocycles. The third-order valence-electron chi connectivity index (χ3n) is 3.53. The first-order valence-electron chi connectivity index (χ1n) is 6.28. The Kier molecular flexibility index (Phi) is 3.80. The lowest BCUT2D eigenvalue weighted by atomic mass is 9.78. The van der Waals surface area contributed by atoms with E-state index in [2.05, 4.69) is 5.32 Å². The van der Waals surface area contributed by atoms with Crippen LogP contribution in [0.1, 0.15) is 24.8 Å². The second-order valence-corrected chi connectivity index (χ2v) is 5.06. The summed E-state index contributed by atoms with van der Waals surface area (Å²) in [6.45, 7) is 0.437. The molecule has 0 aromatic heterocycles. The Bertz CT molecular complexity index is 498. The van der Waals surface area contributed by atoms with E-state index >= 15 is 0 Å². The van der Waals surface area contributed by atoms with Gasteiger partial charge in [0.1, 0.15) is 0 Å². The largest absolute Gasteiger partial charge is 0.354 e. The van der Waals surface area contributed by atoms with E-state index in [1.807, 2.05) is 0 Å². The minimum absolute atomic E-state index is 0.00718. The van der Waals surface area contributed by atoms with Crippen molar-refractivity contribution >= 4 is 11.6 Å². The number of amides is 1. The van der Waals surface area contributed by atoms with Crippen molar-refractivity contribution in [2.75, 3.05) is 6.54 Å². The molecule has 102 valence electrons. The molecule has 0 heterocycles. The van der Waals surface area contributed by atoms with Crippen LogP contribution in [0, 0.1) is 10.1 Å². The summed E-state index contributed by atoms with van der Waals surface area (Å²) in [5.41, 5.74) is 6.12. The second kappa shape index (κ2) is 5.36. The number of nitrogens with zero attached hydrogens (tertiary/aromatic N) is 1. The number of hydrogen-bond acceptors (Lipinski definition) is 4. The summed E-state index contributed by atoms with van der Waals surface area (Å²) in [5, 5.41) is 13.6. The number of carbonyl (C=O) groups excluding carboxylic acids is 1. The van der Waals surface area contributed by atoms with Crippen LogP contribution in [0.5, 0.6) is 0 Å². The number of nitro benzene ring substituents is 1. The lowest BCUT2D eigenvalue weighted by Crippen LogP contribution is -2.55. The van der Waals surface area contributed by atoms with Gasteiger partial charge in [-0.2, -0.15) is 0 Å². The zero-order valence-corrected chi connectivity index (χ0v) is 10.6. The second-order valence-electron chi connectivity index (χ2n) is 5.06. The molecular formula is C13H17N3O3. The molecule has 0 aliphatic heterocycles. The minimum Gasteiger partial charge on any atom is -0.354 e. The van der Waals surface area contributed by atoms with Crippen LogP contribution in [0.2, 0.25) is 0 Å². The van der Waals surface area contributed by atoms with Gasteiger partial charge in [-0.15, -0.1) is 0 Å². The Labute approximate surface area is 111 Å². The quantitative estimate of drug-likeness (QED) is 0.614. The molecule has 2 rings (SSSR count). The van der Waals surface area contributed by atoms with Crippen LogP contribution in [0.3, 0.4) is 0 Å². The zero-order valence-electron chi connectivity index (χ0n) is 10.6. The van der Waals surface area contributed by atoms with E-state index in [-0.39, 0.29) is 23.6 Å². The average molecular weight is 263 g/mol. The molecule has 6 heteroatoms. The molecule has 0 spiro atoms. The number of rotatable bonds is 5. The Balaban J connectivity index is 1.93. The maximum Gasteiger partial charge on any atom is 0.273 e. The highest BCUT2D eigenvalue weighted by Crippen LogP contribution is 2.28. The van der Waals surface area contributed by atoms with Gasteiger partial charge in [0.2, 0.25) is 5.91 Å². The third-order valence-corrected chi connectivity index (χ3v) is 3.53. The maximum atomic E-state index is 11.8. The van der Waals surface area contributed by atoms with Crippen LogP contribution in [-0.4, -0.2) is 22.9 Å². The molecule has 6 nitrogen and oxygen atoms in total. The molecule has 3 N–H and O–H groups in total. The molecule has 0 bridgehead atoms. The lowest BCUT2D eigenvalue weighted by Gasteiger charge is -2.38. The van der Waals surface area contributed by atoms with Crippen molar-refractivity contribution in [1.82, 2.24) is 5.32 Å². The molecule has 0 saturated heterocycles. The number of para-hydroxylation sites is 1. The number of nitrogens with two attached hydrogens (primary N) is 1. The summed E-state index contributed by atoms with van der Waals surface area (Å²) < 4.78 is 0. The molecule has 0 radical (unpaired) electrons. The summed E-state index contributed by atoms with van der Waals surface area (Å²) in [6, 6.07) is 6.27. The smallest absolute Gasteiger partial charge is 0.273 e. The van der Waals surface area contributed by atoms with Gasteiger partial charge >= 0.3 is 0 Å². The van der Waals surface area contributed by atoms with Gasteiger partial charge in [0.05, 0.1) is 11.3 Å². The van der Waals surface area contributed by atoms with Crippen LogP contribution in [-0.2, 0) is 11.2 Å². The molecular weight excluding hydrogens is 246 g/mol. The van der Waals surface area contributed by atoms with Gasteiger partial charge in [0, 0.05) is 23.7 Å². The number of hydrogen-bond donors (Lipinski definition) is 2. The predicted molar refractivity (Wildman–Crippen MR) is 70.6 cm³/mol. The van der Waals surface area contributed by atoms with E-state index in [0.717, 1.165) is 19.3 Å². The molecule has 0 atom stereocenters. The van der Waals surface area contributed by atoms with E-state index in [0.29, 0.717) is 12.1 Å². The van der Waals surface area contributed by atoms with Gasteiger partial charge in [-0.05, 0) is 19.3 Å². The van der Waals surface area contributed by atoms with E-state index in [1.165, 1.54) is 6.07 Å². The lowest BCUT2D eigenvalue weighted by molar-refractivity contribution is -0.385. The Morgan fingerprint density at radius 3 is 2.68 bits per heavy atom. The van der Waals surface area contributed by atoms with Crippen molar-refractivity contribution in [1.29, 1.82) is 0 Å². The third kappa shape index (κ3) is 3.29. The van der Waals surface area contributed by atoms with Crippen LogP contribution in [0.25, 0.3) is 0 Å². The van der Waals surface area contributed by atoms with Crippen LogP contribution < -0.4 is 11.1 Å². The van der Waals surface area contributed by atoms with Gasteiger partial charge in [-0.1, -0.05) is 18.2 Å². The van der Waals surface area contributed by atoms with Crippen LogP contribution in [0.4, 0.5) is 5.69 Å². The Morgan fingerprint density at radius 2 is 2.11 bits per heavy atom. The van der Waals surface area contributed by atoms with E-state index < -0.39 is 4.92 Å². The maximum absolute atomic E-state index is 11.8. The summed E-state index contributed by atoms with van der Waals surface area (Å²) >= 11 is 0. The van der Waals surface area contributed by atoms with Crippen molar-refractivity contribution < 1.29 is 9.72 Å². The Hall–Kier alpha value is -1.95. The van der Waals surface area contributed by atoms with E-state index in [4.69, 9.17) is 5.73 Å². The van der Waals surface area contributed by atoms with Crippen molar-refractivity contribution in [3.8, 4) is 0 Å². The summed E-state index contributed by atoms with van der Waals surface area (Å²) in [4.78, 5) is 22.1. The highest BCUT2D eigenvalue weighted by Gasteiger charge is 2.32. The molecule has 1 aromatic carbocycles. The van der Waals surface area contributed by atoms with E-state index in [1.54, 1.807) is 18.2 Å². The van der Waals surface area contributed by atoms with Gasteiger partial charge in [0.25, 0.3) is 5.69 Å². The van der Waals surface area contributed by atoms with Crippen molar-refractivity contribution in [3.63, 3.8) is 0 Å². The van der Waals surface area contributed by atoms with Crippen molar-refractivity contribution in [2.24, 2.45) is 5.73 Å². The van der Waals surface area contributed by atoms with Crippen LogP contribution in [0.15, 0.2) is 24.3 Å². The fourth-order valence-electron chi connectivity index (χ4n) is 2.16. The monoisotopic (exact) mass is 263 g/mol.